The van der Waals surface area contributed by atoms with E-state index in [2.05, 4.69) is 25.9 Å². The van der Waals surface area contributed by atoms with Crippen molar-refractivity contribution in [1.29, 1.82) is 0 Å². The van der Waals surface area contributed by atoms with Crippen molar-refractivity contribution in [2.45, 2.75) is 32.2 Å². The maximum absolute atomic E-state index is 13.3. The van der Waals surface area contributed by atoms with Crippen LogP contribution in [0, 0.1) is 5.92 Å². The van der Waals surface area contributed by atoms with Gasteiger partial charge in [-0.25, -0.2) is 9.67 Å². The van der Waals surface area contributed by atoms with Gasteiger partial charge in [-0.05, 0) is 53.3 Å². The standard InChI is InChI=1S/C26H26N6O2/c33-25(30-23-10-5-13-27-24(23)26(34)28-16-18-6-1-2-7-18)22-12-11-19(17-32-15-14-29-31-32)20-8-3-4-9-21(20)22/h3-5,8-15,18H,1-2,6-7,16-17H2,(H,28,34)(H,30,33). The third-order valence-corrected chi connectivity index (χ3v) is 6.36. The van der Waals surface area contributed by atoms with Gasteiger partial charge in [0, 0.05) is 24.5 Å². The summed E-state index contributed by atoms with van der Waals surface area (Å²) in [5.41, 5.74) is 2.18. The lowest BCUT2D eigenvalue weighted by atomic mass is 9.99. The van der Waals surface area contributed by atoms with E-state index in [1.54, 1.807) is 41.5 Å². The molecule has 0 saturated heterocycles. The lowest BCUT2D eigenvalue weighted by molar-refractivity contribution is 0.0943. The molecule has 8 nitrogen and oxygen atoms in total. The maximum Gasteiger partial charge on any atom is 0.272 e. The number of fused-ring (bicyclic) bond motifs is 1. The molecule has 2 heterocycles. The second kappa shape index (κ2) is 9.82. The monoisotopic (exact) mass is 454 g/mol. The van der Waals surface area contributed by atoms with Gasteiger partial charge in [0.05, 0.1) is 18.4 Å². The summed E-state index contributed by atoms with van der Waals surface area (Å²) in [4.78, 5) is 30.4. The predicted octanol–water partition coefficient (Wildman–Crippen LogP) is 4.05. The Morgan fingerprint density at radius 3 is 2.56 bits per heavy atom. The number of nitrogens with zero attached hydrogens (tertiary/aromatic N) is 4. The smallest absolute Gasteiger partial charge is 0.272 e. The number of carbonyl (C=O) groups is 2. The number of benzene rings is 2. The Labute approximate surface area is 197 Å². The first kappa shape index (κ1) is 21.8. The fourth-order valence-electron chi connectivity index (χ4n) is 4.60. The van der Waals surface area contributed by atoms with Crippen LogP contribution in [0.1, 0.15) is 52.1 Å². The Balaban J connectivity index is 1.37. The number of nitrogens with one attached hydrogen (secondary N) is 2. The highest BCUT2D eigenvalue weighted by molar-refractivity contribution is 6.15. The summed E-state index contributed by atoms with van der Waals surface area (Å²) in [5, 5.41) is 15.6. The Bertz CT molecular complexity index is 1310. The summed E-state index contributed by atoms with van der Waals surface area (Å²) in [5.74, 6) is -0.0368. The van der Waals surface area contributed by atoms with Crippen LogP contribution < -0.4 is 10.6 Å². The van der Waals surface area contributed by atoms with Crippen LogP contribution in [0.5, 0.6) is 0 Å². The zero-order valence-electron chi connectivity index (χ0n) is 18.8. The van der Waals surface area contributed by atoms with Gasteiger partial charge in [-0.15, -0.1) is 5.10 Å². The van der Waals surface area contributed by atoms with E-state index >= 15 is 0 Å². The minimum atomic E-state index is -0.290. The normalized spacial score (nSPS) is 13.8. The van der Waals surface area contributed by atoms with Crippen LogP contribution in [-0.2, 0) is 6.54 Å². The van der Waals surface area contributed by atoms with Gasteiger partial charge < -0.3 is 10.6 Å². The third-order valence-electron chi connectivity index (χ3n) is 6.36. The van der Waals surface area contributed by atoms with Gasteiger partial charge >= 0.3 is 0 Å². The largest absolute Gasteiger partial charge is 0.350 e. The molecular weight excluding hydrogens is 428 g/mol. The van der Waals surface area contributed by atoms with Crippen molar-refractivity contribution in [3.63, 3.8) is 0 Å². The van der Waals surface area contributed by atoms with E-state index in [-0.39, 0.29) is 17.5 Å². The molecule has 5 rings (SSSR count). The minimum Gasteiger partial charge on any atom is -0.350 e. The molecule has 4 aromatic rings. The second-order valence-corrected chi connectivity index (χ2v) is 8.63. The Kier molecular flexibility index (Phi) is 6.29. The molecule has 0 aliphatic heterocycles. The molecule has 1 fully saturated rings. The van der Waals surface area contributed by atoms with Crippen molar-refractivity contribution in [3.8, 4) is 0 Å². The van der Waals surface area contributed by atoms with Crippen LogP contribution >= 0.6 is 0 Å². The molecule has 172 valence electrons. The quantitative estimate of drug-likeness (QED) is 0.439. The number of hydrogen-bond donors (Lipinski definition) is 2. The summed E-state index contributed by atoms with van der Waals surface area (Å²) in [6, 6.07) is 14.9. The topological polar surface area (TPSA) is 102 Å². The average Bonchev–Trinajstić information content (AvgIpc) is 3.57. The summed E-state index contributed by atoms with van der Waals surface area (Å²) in [6.07, 6.45) is 9.73. The number of hydrogen-bond acceptors (Lipinski definition) is 5. The summed E-state index contributed by atoms with van der Waals surface area (Å²) < 4.78 is 1.74. The first-order valence-electron chi connectivity index (χ1n) is 11.6. The highest BCUT2D eigenvalue weighted by Crippen LogP contribution is 2.26. The van der Waals surface area contributed by atoms with Crippen molar-refractivity contribution in [1.82, 2.24) is 25.3 Å². The molecule has 0 unspecified atom stereocenters. The number of pyridine rings is 1. The molecule has 0 radical (unpaired) electrons. The zero-order chi connectivity index (χ0) is 23.3. The van der Waals surface area contributed by atoms with E-state index in [1.165, 1.54) is 12.8 Å². The number of carbonyl (C=O) groups excluding carboxylic acids is 2. The summed E-state index contributed by atoms with van der Waals surface area (Å²) in [6.45, 7) is 1.19. The summed E-state index contributed by atoms with van der Waals surface area (Å²) in [7, 11) is 0. The summed E-state index contributed by atoms with van der Waals surface area (Å²) >= 11 is 0. The van der Waals surface area contributed by atoms with Crippen molar-refractivity contribution in [2.75, 3.05) is 11.9 Å². The maximum atomic E-state index is 13.3. The first-order valence-corrected chi connectivity index (χ1v) is 11.6. The van der Waals surface area contributed by atoms with Gasteiger partial charge in [0.2, 0.25) is 0 Å². The van der Waals surface area contributed by atoms with E-state index < -0.39 is 0 Å². The first-order chi connectivity index (χ1) is 16.7. The zero-order valence-corrected chi connectivity index (χ0v) is 18.8. The van der Waals surface area contributed by atoms with Crippen molar-refractivity contribution < 1.29 is 9.59 Å². The SMILES string of the molecule is O=C(NCC1CCCC1)c1ncccc1NC(=O)c1ccc(Cn2ccnn2)c2ccccc12. The fraction of sp³-hybridized carbons (Fsp3) is 0.269. The molecule has 2 amide bonds. The highest BCUT2D eigenvalue weighted by atomic mass is 16.2. The minimum absolute atomic E-state index is 0.223. The van der Waals surface area contributed by atoms with E-state index in [4.69, 9.17) is 0 Å². The van der Waals surface area contributed by atoms with Gasteiger partial charge in [0.25, 0.3) is 11.8 Å². The van der Waals surface area contributed by atoms with Gasteiger partial charge in [-0.1, -0.05) is 48.4 Å². The van der Waals surface area contributed by atoms with E-state index in [0.29, 0.717) is 30.3 Å². The van der Waals surface area contributed by atoms with Crippen molar-refractivity contribution >= 4 is 28.3 Å². The molecular formula is C26H26N6O2. The molecule has 0 bridgehead atoms. The Hall–Kier alpha value is -4.07. The molecule has 1 aliphatic rings. The highest BCUT2D eigenvalue weighted by Gasteiger charge is 2.20. The molecule has 2 aromatic heterocycles. The number of aromatic nitrogens is 4. The molecule has 8 heteroatoms. The van der Waals surface area contributed by atoms with Crippen LogP contribution in [0.3, 0.4) is 0 Å². The second-order valence-electron chi connectivity index (χ2n) is 8.63. The molecule has 2 aromatic carbocycles. The third kappa shape index (κ3) is 4.66. The number of anilines is 1. The van der Waals surface area contributed by atoms with Crippen molar-refractivity contribution in [2.24, 2.45) is 5.92 Å². The fourth-order valence-corrected chi connectivity index (χ4v) is 4.60. The van der Waals surface area contributed by atoms with Crippen molar-refractivity contribution in [3.05, 3.63) is 83.9 Å². The Morgan fingerprint density at radius 2 is 1.76 bits per heavy atom. The van der Waals surface area contributed by atoms with E-state index in [0.717, 1.165) is 29.2 Å². The lowest BCUT2D eigenvalue weighted by Gasteiger charge is -2.14. The van der Waals surface area contributed by atoms with Gasteiger partial charge in [-0.2, -0.15) is 0 Å². The average molecular weight is 455 g/mol. The molecule has 0 atom stereocenters. The molecule has 2 N–H and O–H groups in total. The van der Waals surface area contributed by atoms with Gasteiger partial charge in [-0.3, -0.25) is 9.59 Å². The van der Waals surface area contributed by atoms with Crippen LogP contribution in [-0.4, -0.2) is 38.3 Å². The number of rotatable bonds is 7. The van der Waals surface area contributed by atoms with Crippen LogP contribution in [0.25, 0.3) is 10.8 Å². The Morgan fingerprint density at radius 1 is 0.941 bits per heavy atom. The molecule has 1 saturated carbocycles. The van der Waals surface area contributed by atoms with Gasteiger partial charge in [0.15, 0.2) is 5.69 Å². The van der Waals surface area contributed by atoms with Crippen LogP contribution in [0.4, 0.5) is 5.69 Å². The predicted molar refractivity (Wildman–Crippen MR) is 130 cm³/mol. The lowest BCUT2D eigenvalue weighted by Crippen LogP contribution is -2.30. The van der Waals surface area contributed by atoms with Crippen LogP contribution in [0.15, 0.2) is 67.1 Å². The molecule has 1 aliphatic carbocycles. The number of amides is 2. The van der Waals surface area contributed by atoms with Gasteiger partial charge in [0.1, 0.15) is 0 Å². The van der Waals surface area contributed by atoms with Crippen LogP contribution in [0.2, 0.25) is 0 Å². The molecule has 34 heavy (non-hydrogen) atoms. The van der Waals surface area contributed by atoms with E-state index in [9.17, 15) is 9.59 Å². The molecule has 0 spiro atoms. The van der Waals surface area contributed by atoms with E-state index in [1.807, 2.05) is 30.3 Å².